The normalized spacial score (nSPS) is 10.3. The molecule has 128 valence electrons. The predicted molar refractivity (Wildman–Crippen MR) is 97.9 cm³/mol. The second-order valence-electron chi connectivity index (χ2n) is 4.89. The SMILES string of the molecule is COC(=O)c1cc(Cl)ccc1NCCCOc1ccc(Cl)c(Cl)c1. The third-order valence-corrected chi connectivity index (χ3v) is 4.16. The van der Waals surface area contributed by atoms with Gasteiger partial charge in [-0.1, -0.05) is 34.8 Å². The molecule has 0 spiro atoms. The van der Waals surface area contributed by atoms with Crippen molar-refractivity contribution in [2.75, 3.05) is 25.6 Å². The van der Waals surface area contributed by atoms with Crippen LogP contribution in [0.2, 0.25) is 15.1 Å². The smallest absolute Gasteiger partial charge is 0.340 e. The van der Waals surface area contributed by atoms with Crippen LogP contribution in [0.15, 0.2) is 36.4 Å². The third kappa shape index (κ3) is 5.20. The number of benzene rings is 2. The Morgan fingerprint density at radius 3 is 2.58 bits per heavy atom. The highest BCUT2D eigenvalue weighted by Crippen LogP contribution is 2.26. The standard InChI is InChI=1S/C17H16Cl3NO3/c1-23-17(22)13-9-11(18)3-6-16(13)21-7-2-8-24-12-4-5-14(19)15(20)10-12/h3-6,9-10,21H,2,7-8H2,1H3. The summed E-state index contributed by atoms with van der Waals surface area (Å²) < 4.78 is 10.4. The molecule has 0 aromatic heterocycles. The Morgan fingerprint density at radius 2 is 1.88 bits per heavy atom. The molecule has 7 heteroatoms. The van der Waals surface area contributed by atoms with Crippen molar-refractivity contribution in [3.8, 4) is 5.75 Å². The minimum Gasteiger partial charge on any atom is -0.493 e. The average Bonchev–Trinajstić information content (AvgIpc) is 2.58. The van der Waals surface area contributed by atoms with Crippen LogP contribution >= 0.6 is 34.8 Å². The lowest BCUT2D eigenvalue weighted by molar-refractivity contribution is 0.0602. The highest BCUT2D eigenvalue weighted by atomic mass is 35.5. The highest BCUT2D eigenvalue weighted by molar-refractivity contribution is 6.42. The molecule has 0 fully saturated rings. The molecule has 0 saturated heterocycles. The monoisotopic (exact) mass is 387 g/mol. The molecule has 0 atom stereocenters. The van der Waals surface area contributed by atoms with E-state index in [9.17, 15) is 4.79 Å². The number of methoxy groups -OCH3 is 1. The van der Waals surface area contributed by atoms with E-state index < -0.39 is 5.97 Å². The van der Waals surface area contributed by atoms with Crippen LogP contribution in [-0.4, -0.2) is 26.2 Å². The first kappa shape index (κ1) is 18.7. The second kappa shape index (κ2) is 9.02. The van der Waals surface area contributed by atoms with Gasteiger partial charge in [-0.3, -0.25) is 0 Å². The number of halogens is 3. The molecule has 0 radical (unpaired) electrons. The number of nitrogens with one attached hydrogen (secondary N) is 1. The number of anilines is 1. The molecule has 0 amide bonds. The van der Waals surface area contributed by atoms with E-state index in [2.05, 4.69) is 5.32 Å². The molecule has 2 aromatic carbocycles. The molecule has 1 N–H and O–H groups in total. The Morgan fingerprint density at radius 1 is 1.08 bits per heavy atom. The zero-order valence-corrected chi connectivity index (χ0v) is 15.2. The molecule has 0 aliphatic heterocycles. The van der Waals surface area contributed by atoms with Gasteiger partial charge in [0.05, 0.1) is 29.3 Å². The van der Waals surface area contributed by atoms with Gasteiger partial charge in [-0.2, -0.15) is 0 Å². The van der Waals surface area contributed by atoms with Crippen LogP contribution in [0.25, 0.3) is 0 Å². The molecule has 0 heterocycles. The molecule has 2 aromatic rings. The maximum atomic E-state index is 11.8. The van der Waals surface area contributed by atoms with E-state index in [4.69, 9.17) is 44.3 Å². The molecule has 24 heavy (non-hydrogen) atoms. The first-order valence-corrected chi connectivity index (χ1v) is 8.34. The van der Waals surface area contributed by atoms with Crippen molar-refractivity contribution >= 4 is 46.5 Å². The van der Waals surface area contributed by atoms with Crippen molar-refractivity contribution in [1.82, 2.24) is 0 Å². The predicted octanol–water partition coefficient (Wildman–Crippen LogP) is 5.31. The number of ether oxygens (including phenoxy) is 2. The van der Waals surface area contributed by atoms with Gasteiger partial charge >= 0.3 is 5.97 Å². The average molecular weight is 389 g/mol. The molecular weight excluding hydrogens is 373 g/mol. The summed E-state index contributed by atoms with van der Waals surface area (Å²) in [6.07, 6.45) is 0.726. The van der Waals surface area contributed by atoms with Gasteiger partial charge in [0.15, 0.2) is 0 Å². The highest BCUT2D eigenvalue weighted by Gasteiger charge is 2.12. The van der Waals surface area contributed by atoms with E-state index >= 15 is 0 Å². The summed E-state index contributed by atoms with van der Waals surface area (Å²) >= 11 is 17.7. The van der Waals surface area contributed by atoms with Gasteiger partial charge in [-0.25, -0.2) is 4.79 Å². The van der Waals surface area contributed by atoms with Crippen LogP contribution in [0.5, 0.6) is 5.75 Å². The topological polar surface area (TPSA) is 47.6 Å². The van der Waals surface area contributed by atoms with Gasteiger partial charge in [-0.15, -0.1) is 0 Å². The number of hydrogen-bond acceptors (Lipinski definition) is 4. The lowest BCUT2D eigenvalue weighted by Crippen LogP contribution is -2.11. The van der Waals surface area contributed by atoms with Gasteiger partial charge in [0, 0.05) is 23.3 Å². The largest absolute Gasteiger partial charge is 0.493 e. The van der Waals surface area contributed by atoms with E-state index in [1.807, 2.05) is 0 Å². The number of carbonyl (C=O) groups is 1. The van der Waals surface area contributed by atoms with Gasteiger partial charge in [-0.05, 0) is 36.8 Å². The fraction of sp³-hybridized carbons (Fsp3) is 0.235. The minimum atomic E-state index is -0.438. The molecule has 2 rings (SSSR count). The Labute approximate surface area is 155 Å². The molecule has 0 saturated carbocycles. The third-order valence-electron chi connectivity index (χ3n) is 3.18. The quantitative estimate of drug-likeness (QED) is 0.515. The van der Waals surface area contributed by atoms with Crippen molar-refractivity contribution in [3.05, 3.63) is 57.0 Å². The number of rotatable bonds is 7. The van der Waals surface area contributed by atoms with Crippen molar-refractivity contribution in [3.63, 3.8) is 0 Å². The number of carbonyl (C=O) groups excluding carboxylic acids is 1. The first-order valence-electron chi connectivity index (χ1n) is 7.21. The summed E-state index contributed by atoms with van der Waals surface area (Å²) in [6.45, 7) is 1.11. The molecule has 0 aliphatic rings. The number of hydrogen-bond donors (Lipinski definition) is 1. The van der Waals surface area contributed by atoms with E-state index in [0.717, 1.165) is 6.42 Å². The lowest BCUT2D eigenvalue weighted by Gasteiger charge is -2.12. The van der Waals surface area contributed by atoms with E-state index in [0.29, 0.717) is 45.2 Å². The van der Waals surface area contributed by atoms with E-state index in [-0.39, 0.29) is 0 Å². The van der Waals surface area contributed by atoms with Crippen molar-refractivity contribution in [1.29, 1.82) is 0 Å². The zero-order valence-electron chi connectivity index (χ0n) is 12.9. The Balaban J connectivity index is 1.84. The van der Waals surface area contributed by atoms with Crippen molar-refractivity contribution < 1.29 is 14.3 Å². The summed E-state index contributed by atoms with van der Waals surface area (Å²) in [5.74, 6) is 0.221. The molecule has 4 nitrogen and oxygen atoms in total. The zero-order chi connectivity index (χ0) is 17.5. The van der Waals surface area contributed by atoms with Crippen LogP contribution in [0.3, 0.4) is 0 Å². The van der Waals surface area contributed by atoms with Crippen LogP contribution in [0.4, 0.5) is 5.69 Å². The fourth-order valence-corrected chi connectivity index (χ4v) is 2.46. The Hall–Kier alpha value is -1.62. The summed E-state index contributed by atoms with van der Waals surface area (Å²) in [5, 5.41) is 4.60. The Kier molecular flexibility index (Phi) is 7.03. The van der Waals surface area contributed by atoms with Crippen molar-refractivity contribution in [2.24, 2.45) is 0 Å². The summed E-state index contributed by atoms with van der Waals surface area (Å²) in [6, 6.07) is 10.1. The maximum absolute atomic E-state index is 11.8. The second-order valence-corrected chi connectivity index (χ2v) is 6.14. The van der Waals surface area contributed by atoms with Gasteiger partial charge in [0.1, 0.15) is 5.75 Å². The van der Waals surface area contributed by atoms with Crippen LogP contribution in [0.1, 0.15) is 16.8 Å². The number of esters is 1. The minimum absolute atomic E-state index is 0.399. The van der Waals surface area contributed by atoms with Crippen LogP contribution < -0.4 is 10.1 Å². The summed E-state index contributed by atoms with van der Waals surface area (Å²) in [5.41, 5.74) is 1.07. The Bertz CT molecular complexity index is 722. The van der Waals surface area contributed by atoms with Crippen LogP contribution in [0, 0.1) is 0 Å². The van der Waals surface area contributed by atoms with Gasteiger partial charge in [0.2, 0.25) is 0 Å². The van der Waals surface area contributed by atoms with Gasteiger partial charge in [0.25, 0.3) is 0 Å². The fourth-order valence-electron chi connectivity index (χ4n) is 2.00. The molecule has 0 unspecified atom stereocenters. The first-order chi connectivity index (χ1) is 11.5. The molecule has 0 aliphatic carbocycles. The summed E-state index contributed by atoms with van der Waals surface area (Å²) in [7, 11) is 1.33. The lowest BCUT2D eigenvalue weighted by atomic mass is 10.1. The molecular formula is C17H16Cl3NO3. The van der Waals surface area contributed by atoms with E-state index in [1.165, 1.54) is 7.11 Å². The van der Waals surface area contributed by atoms with Crippen molar-refractivity contribution in [2.45, 2.75) is 6.42 Å². The maximum Gasteiger partial charge on any atom is 0.340 e. The van der Waals surface area contributed by atoms with Crippen LogP contribution in [-0.2, 0) is 4.74 Å². The molecule has 0 bridgehead atoms. The van der Waals surface area contributed by atoms with E-state index in [1.54, 1.807) is 36.4 Å². The summed E-state index contributed by atoms with van der Waals surface area (Å²) in [4.78, 5) is 11.8. The van der Waals surface area contributed by atoms with Gasteiger partial charge < -0.3 is 14.8 Å².